The summed E-state index contributed by atoms with van der Waals surface area (Å²) in [6, 6.07) is 0. The first-order chi connectivity index (χ1) is 23.1. The second-order valence-electron chi connectivity index (χ2n) is 12.0. The third-order valence-electron chi connectivity index (χ3n) is 7.38. The molecule has 0 heterocycles. The maximum Gasteiger partial charge on any atom is 0.306 e. The number of carbonyl (C=O) groups is 6. The quantitative estimate of drug-likeness (QED) is 0.0595. The van der Waals surface area contributed by atoms with Crippen molar-refractivity contribution in [2.24, 2.45) is 0 Å². The van der Waals surface area contributed by atoms with Gasteiger partial charge in [0.1, 0.15) is 13.2 Å². The summed E-state index contributed by atoms with van der Waals surface area (Å²) in [7, 11) is 0. The van der Waals surface area contributed by atoms with Crippen LogP contribution in [0.15, 0.2) is 0 Å². The minimum Gasteiger partial charge on any atom is -0.462 e. The molecule has 48 heavy (non-hydrogen) atoms. The molecule has 0 aliphatic carbocycles. The third-order valence-corrected chi connectivity index (χ3v) is 7.38. The van der Waals surface area contributed by atoms with E-state index in [2.05, 4.69) is 0 Å². The minimum absolute atomic E-state index is 0.00322. The molecule has 0 bridgehead atoms. The zero-order chi connectivity index (χ0) is 36.2. The summed E-state index contributed by atoms with van der Waals surface area (Å²) >= 11 is 0. The zero-order valence-electron chi connectivity index (χ0n) is 30.4. The van der Waals surface area contributed by atoms with Crippen LogP contribution in [-0.4, -0.2) is 73.4 Å². The molecule has 0 spiro atoms. The Labute approximate surface area is 287 Å². The van der Waals surface area contributed by atoms with E-state index in [-0.39, 0.29) is 38.5 Å². The summed E-state index contributed by atoms with van der Waals surface area (Å²) in [4.78, 5) is 77.5. The highest BCUT2D eigenvalue weighted by Gasteiger charge is 2.45. The predicted octanol–water partition coefficient (Wildman–Crippen LogP) is 6.86. The van der Waals surface area contributed by atoms with Gasteiger partial charge in [-0.2, -0.15) is 0 Å². The SMILES string of the molecule is CCCCC(=O)OCC(OC(=O)CCCC)C(OC(=O)CCCC)C(OC(=O)CCCC)C(COC(=O)CCCC)OC(=O)CCCC. The Bertz CT molecular complexity index is 860. The van der Waals surface area contributed by atoms with Crippen molar-refractivity contribution in [3.8, 4) is 0 Å². The molecular weight excluding hydrogens is 624 g/mol. The van der Waals surface area contributed by atoms with E-state index in [1.807, 2.05) is 41.5 Å². The number of ether oxygens (including phenoxy) is 6. The second kappa shape index (κ2) is 28.8. The lowest BCUT2D eigenvalue weighted by Gasteiger charge is -2.36. The maximum atomic E-state index is 13.2. The fourth-order valence-corrected chi connectivity index (χ4v) is 4.40. The lowest BCUT2D eigenvalue weighted by atomic mass is 10.0. The molecule has 0 aromatic carbocycles. The van der Waals surface area contributed by atoms with Crippen molar-refractivity contribution in [1.29, 1.82) is 0 Å². The molecule has 0 aromatic rings. The van der Waals surface area contributed by atoms with E-state index in [1.54, 1.807) is 0 Å². The highest BCUT2D eigenvalue weighted by Crippen LogP contribution is 2.23. The lowest BCUT2D eigenvalue weighted by Crippen LogP contribution is -2.54. The first kappa shape index (κ1) is 44.8. The predicted molar refractivity (Wildman–Crippen MR) is 179 cm³/mol. The van der Waals surface area contributed by atoms with E-state index >= 15 is 0 Å². The number of hydrogen-bond acceptors (Lipinski definition) is 12. The molecule has 0 N–H and O–H groups in total. The number of rotatable bonds is 29. The lowest BCUT2D eigenvalue weighted by molar-refractivity contribution is -0.209. The average Bonchev–Trinajstić information content (AvgIpc) is 3.07. The Morgan fingerprint density at radius 3 is 0.833 bits per heavy atom. The maximum absolute atomic E-state index is 13.2. The molecule has 278 valence electrons. The van der Waals surface area contributed by atoms with Crippen molar-refractivity contribution in [2.75, 3.05) is 13.2 Å². The number of esters is 6. The molecule has 0 saturated carbocycles. The summed E-state index contributed by atoms with van der Waals surface area (Å²) < 4.78 is 34.4. The van der Waals surface area contributed by atoms with Gasteiger partial charge in [0.2, 0.25) is 0 Å². The smallest absolute Gasteiger partial charge is 0.306 e. The summed E-state index contributed by atoms with van der Waals surface area (Å²) in [5, 5.41) is 0. The topological polar surface area (TPSA) is 158 Å². The van der Waals surface area contributed by atoms with Crippen LogP contribution in [0.3, 0.4) is 0 Å². The zero-order valence-corrected chi connectivity index (χ0v) is 30.4. The number of carbonyl (C=O) groups excluding carboxylic acids is 6. The second-order valence-corrected chi connectivity index (χ2v) is 12.0. The van der Waals surface area contributed by atoms with E-state index < -0.39 is 73.4 Å². The van der Waals surface area contributed by atoms with Gasteiger partial charge < -0.3 is 28.4 Å². The molecule has 12 heteroatoms. The molecule has 0 aliphatic heterocycles. The molecule has 0 rings (SSSR count). The van der Waals surface area contributed by atoms with Gasteiger partial charge in [-0.05, 0) is 38.5 Å². The van der Waals surface area contributed by atoms with Crippen LogP contribution in [0.1, 0.15) is 157 Å². The van der Waals surface area contributed by atoms with Crippen molar-refractivity contribution < 1.29 is 57.2 Å². The van der Waals surface area contributed by atoms with E-state index in [0.717, 1.165) is 12.8 Å². The molecule has 0 amide bonds. The molecule has 0 aliphatic rings. The Morgan fingerprint density at radius 2 is 0.583 bits per heavy atom. The highest BCUT2D eigenvalue weighted by atomic mass is 16.6. The van der Waals surface area contributed by atoms with E-state index in [1.165, 1.54) is 0 Å². The summed E-state index contributed by atoms with van der Waals surface area (Å²) in [6.07, 6.45) is 1.79. The summed E-state index contributed by atoms with van der Waals surface area (Å²) in [6.45, 7) is 10.4. The molecule has 0 fully saturated rings. The van der Waals surface area contributed by atoms with Gasteiger partial charge in [-0.25, -0.2) is 0 Å². The Hall–Kier alpha value is -3.18. The fraction of sp³-hybridized carbons (Fsp3) is 0.833. The van der Waals surface area contributed by atoms with Crippen LogP contribution in [0, 0.1) is 0 Å². The van der Waals surface area contributed by atoms with Crippen LogP contribution in [0.2, 0.25) is 0 Å². The molecule has 0 aromatic heterocycles. The Kier molecular flexibility index (Phi) is 26.9. The van der Waals surface area contributed by atoms with E-state index in [0.29, 0.717) is 64.2 Å². The van der Waals surface area contributed by atoms with Crippen LogP contribution in [0.4, 0.5) is 0 Å². The standard InChI is InChI=1S/C36H62O12/c1-7-13-19-29(37)43-25-27(45-31(39)21-15-9-3)35(47-33(41)23-17-11-5)36(48-34(42)24-18-12-6)28(46-32(40)22-16-10-4)26-44-30(38)20-14-8-2/h27-28,35-36H,7-26H2,1-6H3. The van der Waals surface area contributed by atoms with Crippen LogP contribution >= 0.6 is 0 Å². The molecule has 12 nitrogen and oxygen atoms in total. The Balaban J connectivity index is 7.02. The molecule has 4 atom stereocenters. The first-order valence-corrected chi connectivity index (χ1v) is 18.2. The third kappa shape index (κ3) is 21.6. The Morgan fingerprint density at radius 1 is 0.354 bits per heavy atom. The van der Waals surface area contributed by atoms with Crippen LogP contribution in [-0.2, 0) is 57.2 Å². The average molecular weight is 687 g/mol. The van der Waals surface area contributed by atoms with Crippen LogP contribution < -0.4 is 0 Å². The number of hydrogen-bond donors (Lipinski definition) is 0. The largest absolute Gasteiger partial charge is 0.462 e. The minimum atomic E-state index is -1.57. The van der Waals surface area contributed by atoms with Gasteiger partial charge in [0, 0.05) is 38.5 Å². The van der Waals surface area contributed by atoms with Gasteiger partial charge in [-0.15, -0.1) is 0 Å². The first-order valence-electron chi connectivity index (χ1n) is 18.2. The normalized spacial score (nSPS) is 13.4. The van der Waals surface area contributed by atoms with Gasteiger partial charge in [-0.1, -0.05) is 80.1 Å². The monoisotopic (exact) mass is 686 g/mol. The van der Waals surface area contributed by atoms with E-state index in [9.17, 15) is 28.8 Å². The van der Waals surface area contributed by atoms with Crippen molar-refractivity contribution in [1.82, 2.24) is 0 Å². The van der Waals surface area contributed by atoms with Crippen molar-refractivity contribution in [2.45, 2.75) is 182 Å². The van der Waals surface area contributed by atoms with Gasteiger partial charge in [0.05, 0.1) is 0 Å². The number of unbranched alkanes of at least 4 members (excludes halogenated alkanes) is 6. The summed E-state index contributed by atoms with van der Waals surface area (Å²) in [5.41, 5.74) is 0. The van der Waals surface area contributed by atoms with Crippen LogP contribution in [0.25, 0.3) is 0 Å². The highest BCUT2D eigenvalue weighted by molar-refractivity contribution is 5.73. The molecular formula is C36H62O12. The van der Waals surface area contributed by atoms with Crippen molar-refractivity contribution in [3.63, 3.8) is 0 Å². The van der Waals surface area contributed by atoms with Gasteiger partial charge in [0.15, 0.2) is 24.4 Å². The molecule has 0 saturated heterocycles. The molecule has 0 radical (unpaired) electrons. The van der Waals surface area contributed by atoms with Crippen LogP contribution in [0.5, 0.6) is 0 Å². The van der Waals surface area contributed by atoms with Gasteiger partial charge in [-0.3, -0.25) is 28.8 Å². The van der Waals surface area contributed by atoms with Gasteiger partial charge in [0.25, 0.3) is 0 Å². The fourth-order valence-electron chi connectivity index (χ4n) is 4.40. The molecule has 4 unspecified atom stereocenters. The summed E-state index contributed by atoms with van der Waals surface area (Å²) in [5.74, 6) is -3.74. The van der Waals surface area contributed by atoms with Gasteiger partial charge >= 0.3 is 35.8 Å². The van der Waals surface area contributed by atoms with Crippen molar-refractivity contribution >= 4 is 35.8 Å². The van der Waals surface area contributed by atoms with E-state index in [4.69, 9.17) is 28.4 Å². The van der Waals surface area contributed by atoms with Crippen molar-refractivity contribution in [3.05, 3.63) is 0 Å².